The second kappa shape index (κ2) is 6.91. The monoisotopic (exact) mass is 254 g/mol. The van der Waals surface area contributed by atoms with Crippen molar-refractivity contribution in [3.8, 4) is 0 Å². The maximum Gasteiger partial charge on any atom is 0.536 e. The van der Waals surface area contributed by atoms with Gasteiger partial charge in [0.2, 0.25) is 0 Å². The van der Waals surface area contributed by atoms with Crippen molar-refractivity contribution in [3.05, 3.63) is 30.3 Å². The molecule has 1 aromatic carbocycles. The molecule has 1 unspecified atom stereocenters. The van der Waals surface area contributed by atoms with E-state index in [2.05, 4.69) is 13.8 Å². The van der Waals surface area contributed by atoms with Gasteiger partial charge in [-0.05, 0) is 13.3 Å². The van der Waals surface area contributed by atoms with E-state index >= 15 is 0 Å². The maximum absolute atomic E-state index is 6.06. The molecule has 0 saturated heterocycles. The van der Waals surface area contributed by atoms with Crippen LogP contribution in [0.4, 0.5) is 0 Å². The van der Waals surface area contributed by atoms with E-state index in [9.17, 15) is 0 Å². The van der Waals surface area contributed by atoms with Crippen LogP contribution in [0, 0.1) is 0 Å². The van der Waals surface area contributed by atoms with Gasteiger partial charge in [-0.3, -0.25) is 0 Å². The lowest BCUT2D eigenvalue weighted by molar-refractivity contribution is 0.0718. The molecular formula is C13H22O3Si. The molecule has 0 heterocycles. The molecule has 17 heavy (non-hydrogen) atoms. The summed E-state index contributed by atoms with van der Waals surface area (Å²) in [5, 5.41) is 1.01. The molecule has 0 aliphatic rings. The Hall–Kier alpha value is -0.683. The average molecular weight is 254 g/mol. The number of rotatable bonds is 7. The highest BCUT2D eigenvalue weighted by Gasteiger charge is 2.43. The van der Waals surface area contributed by atoms with Gasteiger partial charge in [-0.15, -0.1) is 0 Å². The van der Waals surface area contributed by atoms with E-state index in [4.69, 9.17) is 13.3 Å². The summed E-state index contributed by atoms with van der Waals surface area (Å²) in [5.74, 6) is 0. The molecule has 1 atom stereocenters. The lowest BCUT2D eigenvalue weighted by Gasteiger charge is -2.29. The highest BCUT2D eigenvalue weighted by Crippen LogP contribution is 2.14. The largest absolute Gasteiger partial charge is 0.536 e. The van der Waals surface area contributed by atoms with Crippen molar-refractivity contribution >= 4 is 14.0 Å². The van der Waals surface area contributed by atoms with Gasteiger partial charge in [0.05, 0.1) is 0 Å². The Morgan fingerprint density at radius 1 is 1.12 bits per heavy atom. The highest BCUT2D eigenvalue weighted by atomic mass is 28.4. The first-order valence-corrected chi connectivity index (χ1v) is 7.74. The fourth-order valence-electron chi connectivity index (χ4n) is 1.86. The average Bonchev–Trinajstić information content (AvgIpc) is 2.37. The summed E-state index contributed by atoms with van der Waals surface area (Å²) in [6, 6.07) is 9.92. The van der Waals surface area contributed by atoms with Gasteiger partial charge < -0.3 is 13.3 Å². The Bertz CT molecular complexity index is 312. The standard InChI is InChI=1S/C13H22O3Si/c1-5-9-12(2)16-17(14-3,15-4)13-10-7-6-8-11-13/h6-8,10-12H,5,9H2,1-4H3. The van der Waals surface area contributed by atoms with E-state index in [0.717, 1.165) is 18.0 Å². The number of benzene rings is 1. The van der Waals surface area contributed by atoms with Crippen molar-refractivity contribution in [1.82, 2.24) is 0 Å². The second-order valence-electron chi connectivity index (χ2n) is 4.05. The first kappa shape index (κ1) is 14.4. The Morgan fingerprint density at radius 2 is 1.71 bits per heavy atom. The third-order valence-electron chi connectivity index (χ3n) is 2.72. The summed E-state index contributed by atoms with van der Waals surface area (Å²) in [6.07, 6.45) is 2.24. The zero-order chi connectivity index (χ0) is 12.7. The molecule has 96 valence electrons. The van der Waals surface area contributed by atoms with E-state index in [0.29, 0.717) is 0 Å². The van der Waals surface area contributed by atoms with E-state index in [-0.39, 0.29) is 6.10 Å². The summed E-state index contributed by atoms with van der Waals surface area (Å²) < 4.78 is 17.2. The predicted molar refractivity (Wildman–Crippen MR) is 71.3 cm³/mol. The molecule has 3 nitrogen and oxygen atoms in total. The van der Waals surface area contributed by atoms with Crippen LogP contribution in [0.25, 0.3) is 0 Å². The van der Waals surface area contributed by atoms with Gasteiger partial charge in [-0.2, -0.15) is 0 Å². The molecule has 4 heteroatoms. The van der Waals surface area contributed by atoms with Crippen LogP contribution in [0.15, 0.2) is 30.3 Å². The van der Waals surface area contributed by atoms with Gasteiger partial charge in [0, 0.05) is 25.5 Å². The molecule has 0 aromatic heterocycles. The van der Waals surface area contributed by atoms with Gasteiger partial charge in [-0.25, -0.2) is 0 Å². The number of hydrogen-bond donors (Lipinski definition) is 0. The van der Waals surface area contributed by atoms with Crippen LogP contribution in [0.1, 0.15) is 26.7 Å². The SMILES string of the molecule is CCCC(C)O[Si](OC)(OC)c1ccccc1. The van der Waals surface area contributed by atoms with Crippen LogP contribution < -0.4 is 5.19 Å². The molecule has 0 aliphatic heterocycles. The third kappa shape index (κ3) is 3.64. The van der Waals surface area contributed by atoms with E-state index in [1.165, 1.54) is 0 Å². The minimum absolute atomic E-state index is 0.145. The first-order valence-electron chi connectivity index (χ1n) is 6.02. The molecule has 0 radical (unpaired) electrons. The van der Waals surface area contributed by atoms with Crippen LogP contribution in [-0.2, 0) is 13.3 Å². The normalized spacial score (nSPS) is 13.6. The van der Waals surface area contributed by atoms with Crippen molar-refractivity contribution < 1.29 is 13.3 Å². The lowest BCUT2D eigenvalue weighted by Crippen LogP contribution is -2.56. The zero-order valence-electron chi connectivity index (χ0n) is 11.1. The summed E-state index contributed by atoms with van der Waals surface area (Å²) in [5.41, 5.74) is 0. The Balaban J connectivity index is 2.89. The van der Waals surface area contributed by atoms with Crippen molar-refractivity contribution in [3.63, 3.8) is 0 Å². The Morgan fingerprint density at radius 3 is 2.18 bits per heavy atom. The summed E-state index contributed by atoms with van der Waals surface area (Å²) in [6.45, 7) is 4.21. The molecule has 1 rings (SSSR count). The second-order valence-corrected chi connectivity index (χ2v) is 6.79. The molecule has 0 aliphatic carbocycles. The van der Waals surface area contributed by atoms with Gasteiger partial charge >= 0.3 is 8.80 Å². The summed E-state index contributed by atoms with van der Waals surface area (Å²) in [4.78, 5) is 0. The fraction of sp³-hybridized carbons (Fsp3) is 0.538. The predicted octanol–water partition coefficient (Wildman–Crippen LogP) is 2.33. The summed E-state index contributed by atoms with van der Waals surface area (Å²) in [7, 11) is 0.588. The highest BCUT2D eigenvalue weighted by molar-refractivity contribution is 6.75. The topological polar surface area (TPSA) is 27.7 Å². The van der Waals surface area contributed by atoms with Crippen molar-refractivity contribution in [2.75, 3.05) is 14.2 Å². The smallest absolute Gasteiger partial charge is 0.373 e. The Kier molecular flexibility index (Phi) is 5.84. The minimum Gasteiger partial charge on any atom is -0.373 e. The van der Waals surface area contributed by atoms with Crippen molar-refractivity contribution in [2.24, 2.45) is 0 Å². The van der Waals surface area contributed by atoms with Crippen molar-refractivity contribution in [1.29, 1.82) is 0 Å². The first-order chi connectivity index (χ1) is 8.18. The molecule has 0 spiro atoms. The van der Waals surface area contributed by atoms with Gasteiger partial charge in [0.25, 0.3) is 0 Å². The van der Waals surface area contributed by atoms with E-state index in [1.54, 1.807) is 14.2 Å². The minimum atomic E-state index is -2.72. The number of hydrogen-bond acceptors (Lipinski definition) is 3. The summed E-state index contributed by atoms with van der Waals surface area (Å²) >= 11 is 0. The van der Waals surface area contributed by atoms with Crippen LogP contribution in [0.3, 0.4) is 0 Å². The Labute approximate surface area is 105 Å². The molecule has 0 amide bonds. The van der Waals surface area contributed by atoms with Gasteiger partial charge in [0.1, 0.15) is 0 Å². The molecule has 0 saturated carbocycles. The lowest BCUT2D eigenvalue weighted by atomic mass is 10.2. The maximum atomic E-state index is 6.06. The molecular weight excluding hydrogens is 232 g/mol. The quantitative estimate of drug-likeness (QED) is 0.699. The van der Waals surface area contributed by atoms with Gasteiger partial charge in [-0.1, -0.05) is 43.7 Å². The third-order valence-corrected chi connectivity index (χ3v) is 5.54. The van der Waals surface area contributed by atoms with Gasteiger partial charge in [0.15, 0.2) is 0 Å². The van der Waals surface area contributed by atoms with E-state index < -0.39 is 8.80 Å². The molecule has 0 bridgehead atoms. The molecule has 0 N–H and O–H groups in total. The van der Waals surface area contributed by atoms with Crippen LogP contribution in [-0.4, -0.2) is 29.1 Å². The van der Waals surface area contributed by atoms with Crippen molar-refractivity contribution in [2.45, 2.75) is 32.8 Å². The fourth-order valence-corrected chi connectivity index (χ4v) is 4.07. The molecule has 1 aromatic rings. The van der Waals surface area contributed by atoms with Crippen LogP contribution in [0.5, 0.6) is 0 Å². The van der Waals surface area contributed by atoms with E-state index in [1.807, 2.05) is 30.3 Å². The van der Waals surface area contributed by atoms with Crippen LogP contribution in [0.2, 0.25) is 0 Å². The zero-order valence-corrected chi connectivity index (χ0v) is 12.1. The van der Waals surface area contributed by atoms with Crippen LogP contribution >= 0.6 is 0 Å². The molecule has 0 fully saturated rings.